The van der Waals surface area contributed by atoms with E-state index in [1.807, 2.05) is 6.92 Å². The van der Waals surface area contributed by atoms with Gasteiger partial charge in [-0.3, -0.25) is 0 Å². The summed E-state index contributed by atoms with van der Waals surface area (Å²) >= 11 is 0. The topological polar surface area (TPSA) is 52.8 Å². The van der Waals surface area contributed by atoms with Crippen molar-refractivity contribution in [3.63, 3.8) is 0 Å². The predicted octanol–water partition coefficient (Wildman–Crippen LogP) is 4.70. The van der Waals surface area contributed by atoms with Crippen LogP contribution in [0, 0.1) is 28.6 Å². The molecule has 6 atom stereocenters. The Hall–Kier alpha value is -1.09. The van der Waals surface area contributed by atoms with Crippen LogP contribution in [0.2, 0.25) is 0 Å². The van der Waals surface area contributed by atoms with Gasteiger partial charge < -0.3 is 10.3 Å². The Bertz CT molecular complexity index is 634. The molecule has 0 aromatic carbocycles. The summed E-state index contributed by atoms with van der Waals surface area (Å²) in [6, 6.07) is 0. The van der Waals surface area contributed by atoms with Crippen molar-refractivity contribution in [2.45, 2.75) is 71.8 Å². The highest BCUT2D eigenvalue weighted by Crippen LogP contribution is 2.65. The van der Waals surface area contributed by atoms with Gasteiger partial charge >= 0.3 is 0 Å². The van der Waals surface area contributed by atoms with Gasteiger partial charge in [0.1, 0.15) is 0 Å². The first-order valence-corrected chi connectivity index (χ1v) is 9.67. The third kappa shape index (κ3) is 2.09. The van der Waals surface area contributed by atoms with Crippen LogP contribution < -0.4 is 0 Å². The Morgan fingerprint density at radius 2 is 1.83 bits per heavy atom. The van der Waals surface area contributed by atoms with Crippen LogP contribution >= 0.6 is 0 Å². The molecular weight excluding hydrogens is 298 g/mol. The van der Waals surface area contributed by atoms with Crippen LogP contribution in [0.1, 0.15) is 65.7 Å². The molecule has 0 spiro atoms. The number of allylic oxidation sites excluding steroid dienone is 3. The van der Waals surface area contributed by atoms with Crippen molar-refractivity contribution in [3.8, 4) is 0 Å². The summed E-state index contributed by atoms with van der Waals surface area (Å²) in [5.74, 6) is 2.15. The Morgan fingerprint density at radius 1 is 1.08 bits per heavy atom. The normalized spacial score (nSPS) is 48.1. The maximum absolute atomic E-state index is 10.1. The monoisotopic (exact) mass is 329 g/mol. The summed E-state index contributed by atoms with van der Waals surface area (Å²) in [5, 5.41) is 22.9. The lowest BCUT2D eigenvalue weighted by atomic mass is 9.47. The van der Waals surface area contributed by atoms with E-state index in [9.17, 15) is 10.3 Å². The summed E-state index contributed by atoms with van der Waals surface area (Å²) in [5.41, 5.74) is 4.09. The minimum Gasteiger partial charge on any atom is -0.411 e. The maximum atomic E-state index is 10.1. The highest BCUT2D eigenvalue weighted by Gasteiger charge is 2.56. The molecule has 0 unspecified atom stereocenters. The molecule has 3 heteroatoms. The Labute approximate surface area is 145 Å². The van der Waals surface area contributed by atoms with Crippen molar-refractivity contribution >= 4 is 5.71 Å². The van der Waals surface area contributed by atoms with E-state index in [0.717, 1.165) is 43.2 Å². The molecule has 2 saturated carbocycles. The van der Waals surface area contributed by atoms with Gasteiger partial charge in [0.15, 0.2) is 0 Å². The van der Waals surface area contributed by atoms with Crippen molar-refractivity contribution in [1.82, 2.24) is 0 Å². The highest BCUT2D eigenvalue weighted by molar-refractivity contribution is 5.99. The van der Waals surface area contributed by atoms with Crippen molar-refractivity contribution in [2.75, 3.05) is 0 Å². The Balaban J connectivity index is 1.66. The summed E-state index contributed by atoms with van der Waals surface area (Å²) in [4.78, 5) is 0. The van der Waals surface area contributed by atoms with Gasteiger partial charge in [0.05, 0.1) is 11.8 Å². The van der Waals surface area contributed by atoms with Gasteiger partial charge in [0, 0.05) is 0 Å². The minimum atomic E-state index is -0.127. The van der Waals surface area contributed by atoms with Gasteiger partial charge in [-0.05, 0) is 86.0 Å². The second kappa shape index (κ2) is 5.45. The van der Waals surface area contributed by atoms with Crippen LogP contribution in [-0.4, -0.2) is 22.1 Å². The zero-order valence-corrected chi connectivity index (χ0v) is 15.3. The molecule has 132 valence electrons. The van der Waals surface area contributed by atoms with E-state index in [4.69, 9.17) is 0 Å². The second-order valence-corrected chi connectivity index (χ2v) is 9.15. The highest BCUT2D eigenvalue weighted by atomic mass is 16.4. The molecule has 3 nitrogen and oxygen atoms in total. The largest absolute Gasteiger partial charge is 0.411 e. The molecule has 24 heavy (non-hydrogen) atoms. The van der Waals surface area contributed by atoms with Gasteiger partial charge in [-0.1, -0.05) is 36.7 Å². The smallest absolute Gasteiger partial charge is 0.0799 e. The molecule has 0 radical (unpaired) electrons. The minimum absolute atomic E-state index is 0.127. The molecule has 0 bridgehead atoms. The lowest BCUT2D eigenvalue weighted by Gasteiger charge is -2.57. The quantitative estimate of drug-likeness (QED) is 0.317. The average Bonchev–Trinajstić information content (AvgIpc) is 2.92. The summed E-state index contributed by atoms with van der Waals surface area (Å²) < 4.78 is 0. The van der Waals surface area contributed by atoms with E-state index in [0.29, 0.717) is 11.3 Å². The van der Waals surface area contributed by atoms with Crippen LogP contribution in [-0.2, 0) is 0 Å². The van der Waals surface area contributed by atoms with E-state index in [1.54, 1.807) is 0 Å². The molecule has 2 fully saturated rings. The number of aliphatic hydroxyl groups excluding tert-OH is 1. The fraction of sp³-hybridized carbons (Fsp3) is 0.762. The number of nitrogens with zero attached hydrogens (tertiary/aromatic N) is 1. The van der Waals surface area contributed by atoms with E-state index < -0.39 is 0 Å². The summed E-state index contributed by atoms with van der Waals surface area (Å²) in [6.45, 7) is 6.80. The molecule has 4 rings (SSSR count). The third-order valence-electron chi connectivity index (χ3n) is 8.20. The Morgan fingerprint density at radius 3 is 2.58 bits per heavy atom. The third-order valence-corrected chi connectivity index (χ3v) is 8.20. The predicted molar refractivity (Wildman–Crippen MR) is 96.1 cm³/mol. The van der Waals surface area contributed by atoms with Gasteiger partial charge in [-0.25, -0.2) is 0 Å². The van der Waals surface area contributed by atoms with Crippen molar-refractivity contribution in [2.24, 2.45) is 33.7 Å². The van der Waals surface area contributed by atoms with Crippen LogP contribution in [0.4, 0.5) is 0 Å². The van der Waals surface area contributed by atoms with Crippen molar-refractivity contribution < 1.29 is 10.3 Å². The molecule has 4 aliphatic carbocycles. The zero-order chi connectivity index (χ0) is 17.1. The molecule has 0 amide bonds. The molecule has 2 N–H and O–H groups in total. The fourth-order valence-corrected chi connectivity index (χ4v) is 6.82. The first-order valence-electron chi connectivity index (χ1n) is 9.67. The summed E-state index contributed by atoms with van der Waals surface area (Å²) in [6.07, 6.45) is 12.4. The first-order chi connectivity index (χ1) is 11.4. The van der Waals surface area contributed by atoms with Crippen LogP contribution in [0.15, 0.2) is 28.5 Å². The lowest BCUT2D eigenvalue weighted by molar-refractivity contribution is -0.0280. The SMILES string of the molecule is C/C(=N/O)C1=CC[C@H]2[C@@H]3CC=C4C[C@@H](O)CC[C@]4(C)[C@H]3CC[C@]12C. The molecule has 0 aromatic rings. The maximum Gasteiger partial charge on any atom is 0.0799 e. The van der Waals surface area contributed by atoms with Gasteiger partial charge in [-0.2, -0.15) is 0 Å². The molecule has 0 heterocycles. The van der Waals surface area contributed by atoms with Gasteiger partial charge in [-0.15, -0.1) is 0 Å². The zero-order valence-electron chi connectivity index (χ0n) is 15.3. The molecule has 0 aliphatic heterocycles. The first kappa shape index (κ1) is 16.4. The number of aliphatic hydroxyl groups is 1. The Kier molecular flexibility index (Phi) is 3.72. The van der Waals surface area contributed by atoms with E-state index >= 15 is 0 Å². The van der Waals surface area contributed by atoms with Crippen molar-refractivity contribution in [1.29, 1.82) is 0 Å². The second-order valence-electron chi connectivity index (χ2n) is 9.15. The van der Waals surface area contributed by atoms with Crippen molar-refractivity contribution in [3.05, 3.63) is 23.3 Å². The fourth-order valence-electron chi connectivity index (χ4n) is 6.82. The van der Waals surface area contributed by atoms with Gasteiger partial charge in [0.2, 0.25) is 0 Å². The molecule has 0 saturated heterocycles. The van der Waals surface area contributed by atoms with Gasteiger partial charge in [0.25, 0.3) is 0 Å². The molecule has 4 aliphatic rings. The number of hydrogen-bond donors (Lipinski definition) is 2. The van der Waals surface area contributed by atoms with E-state index in [1.165, 1.54) is 30.4 Å². The number of hydrogen-bond acceptors (Lipinski definition) is 3. The summed E-state index contributed by atoms with van der Waals surface area (Å²) in [7, 11) is 0. The molecule has 0 aromatic heterocycles. The number of fused-ring (bicyclic) bond motifs is 5. The van der Waals surface area contributed by atoms with Crippen LogP contribution in [0.5, 0.6) is 0 Å². The van der Waals surface area contributed by atoms with Crippen LogP contribution in [0.25, 0.3) is 0 Å². The molecular formula is C21H31NO2. The number of rotatable bonds is 1. The van der Waals surface area contributed by atoms with E-state index in [-0.39, 0.29) is 11.5 Å². The number of oxime groups is 1. The average molecular weight is 329 g/mol. The van der Waals surface area contributed by atoms with E-state index in [2.05, 4.69) is 31.2 Å². The standard InChI is InChI=1S/C21H31NO2/c1-13(22-24)17-6-7-18-16-5-4-14-12-15(23)8-10-20(14,2)19(16)9-11-21(17,18)3/h4,6,15-16,18-19,23-24H,5,7-12H2,1-3H3/b22-13-/t15-,16-,18-,19-,20-,21+/m0/s1. The van der Waals surface area contributed by atoms with Crippen LogP contribution in [0.3, 0.4) is 0 Å². The lowest BCUT2D eigenvalue weighted by Crippen LogP contribution is -2.50.